The average molecular weight is 186 g/mol. The van der Waals surface area contributed by atoms with E-state index in [1.165, 1.54) is 0 Å². The van der Waals surface area contributed by atoms with Crippen molar-refractivity contribution < 1.29 is 9.90 Å². The molecule has 0 aromatic carbocycles. The molecule has 4 nitrogen and oxygen atoms in total. The SMILES string of the molecule is CN(C)CC(O)CNC(=O)C1CC1. The maximum atomic E-state index is 11.2. The van der Waals surface area contributed by atoms with Crippen molar-refractivity contribution >= 4 is 5.91 Å². The molecule has 1 saturated carbocycles. The van der Waals surface area contributed by atoms with E-state index in [0.717, 1.165) is 12.8 Å². The minimum atomic E-state index is -0.460. The monoisotopic (exact) mass is 186 g/mol. The molecule has 1 rings (SSSR count). The van der Waals surface area contributed by atoms with Crippen LogP contribution in [0.1, 0.15) is 12.8 Å². The van der Waals surface area contributed by atoms with E-state index in [4.69, 9.17) is 0 Å². The van der Waals surface area contributed by atoms with Gasteiger partial charge in [0.15, 0.2) is 0 Å². The second-order valence-corrected chi connectivity index (χ2v) is 3.94. The number of nitrogens with zero attached hydrogens (tertiary/aromatic N) is 1. The third-order valence-electron chi connectivity index (χ3n) is 2.04. The van der Waals surface area contributed by atoms with Crippen LogP contribution in [0.25, 0.3) is 0 Å². The van der Waals surface area contributed by atoms with E-state index in [1.54, 1.807) is 0 Å². The number of likely N-dealkylation sites (N-methyl/N-ethyl adjacent to an activating group) is 1. The van der Waals surface area contributed by atoms with Crippen molar-refractivity contribution in [2.45, 2.75) is 18.9 Å². The molecule has 1 atom stereocenters. The second-order valence-electron chi connectivity index (χ2n) is 3.94. The maximum absolute atomic E-state index is 11.2. The number of carbonyl (C=O) groups excluding carboxylic acids is 1. The van der Waals surface area contributed by atoms with E-state index in [2.05, 4.69) is 5.32 Å². The van der Waals surface area contributed by atoms with Gasteiger partial charge in [0.2, 0.25) is 5.91 Å². The summed E-state index contributed by atoms with van der Waals surface area (Å²) < 4.78 is 0. The molecule has 0 aliphatic heterocycles. The largest absolute Gasteiger partial charge is 0.390 e. The van der Waals surface area contributed by atoms with E-state index in [-0.39, 0.29) is 11.8 Å². The van der Waals surface area contributed by atoms with Gasteiger partial charge in [0.05, 0.1) is 6.10 Å². The Labute approximate surface area is 78.9 Å². The van der Waals surface area contributed by atoms with Gasteiger partial charge in [-0.1, -0.05) is 0 Å². The Balaban J connectivity index is 2.06. The van der Waals surface area contributed by atoms with E-state index >= 15 is 0 Å². The molecule has 0 saturated heterocycles. The van der Waals surface area contributed by atoms with Gasteiger partial charge in [-0.3, -0.25) is 4.79 Å². The first-order valence-corrected chi connectivity index (χ1v) is 4.70. The number of nitrogens with one attached hydrogen (secondary N) is 1. The van der Waals surface area contributed by atoms with Crippen LogP contribution < -0.4 is 5.32 Å². The van der Waals surface area contributed by atoms with Crippen LogP contribution in [0.5, 0.6) is 0 Å². The number of aliphatic hydroxyl groups excluding tert-OH is 1. The zero-order valence-electron chi connectivity index (χ0n) is 8.29. The molecule has 1 aliphatic rings. The summed E-state index contributed by atoms with van der Waals surface area (Å²) in [4.78, 5) is 13.1. The topological polar surface area (TPSA) is 52.6 Å². The van der Waals surface area contributed by atoms with Crippen LogP contribution in [0, 0.1) is 5.92 Å². The van der Waals surface area contributed by atoms with Crippen molar-refractivity contribution in [1.82, 2.24) is 10.2 Å². The van der Waals surface area contributed by atoms with Crippen molar-refractivity contribution in [3.05, 3.63) is 0 Å². The Bertz CT molecular complexity index is 178. The Hall–Kier alpha value is -0.610. The fourth-order valence-corrected chi connectivity index (χ4v) is 1.19. The second kappa shape index (κ2) is 4.58. The highest BCUT2D eigenvalue weighted by atomic mass is 16.3. The number of hydrogen-bond donors (Lipinski definition) is 2. The number of carbonyl (C=O) groups is 1. The highest BCUT2D eigenvalue weighted by molar-refractivity contribution is 5.80. The van der Waals surface area contributed by atoms with Crippen LogP contribution in [0.4, 0.5) is 0 Å². The Morgan fingerprint density at radius 2 is 2.23 bits per heavy atom. The summed E-state index contributed by atoms with van der Waals surface area (Å²) in [7, 11) is 3.79. The molecule has 2 N–H and O–H groups in total. The zero-order chi connectivity index (χ0) is 9.84. The van der Waals surface area contributed by atoms with Crippen molar-refractivity contribution in [2.75, 3.05) is 27.2 Å². The third-order valence-corrected chi connectivity index (χ3v) is 2.04. The maximum Gasteiger partial charge on any atom is 0.223 e. The summed E-state index contributed by atoms with van der Waals surface area (Å²) in [6.45, 7) is 0.957. The van der Waals surface area contributed by atoms with Gasteiger partial charge in [-0.25, -0.2) is 0 Å². The van der Waals surface area contributed by atoms with Crippen LogP contribution in [0.3, 0.4) is 0 Å². The van der Waals surface area contributed by atoms with Gasteiger partial charge in [0.25, 0.3) is 0 Å². The molecule has 0 aromatic heterocycles. The molecule has 0 heterocycles. The van der Waals surface area contributed by atoms with Gasteiger partial charge < -0.3 is 15.3 Å². The lowest BCUT2D eigenvalue weighted by atomic mass is 10.3. The van der Waals surface area contributed by atoms with Crippen LogP contribution in [-0.4, -0.2) is 49.2 Å². The minimum absolute atomic E-state index is 0.0952. The summed E-state index contributed by atoms with van der Waals surface area (Å²) in [6.07, 6.45) is 1.56. The molecule has 76 valence electrons. The van der Waals surface area contributed by atoms with E-state index in [0.29, 0.717) is 13.1 Å². The molecular formula is C9H18N2O2. The minimum Gasteiger partial charge on any atom is -0.390 e. The fourth-order valence-electron chi connectivity index (χ4n) is 1.19. The Kier molecular flexibility index (Phi) is 3.69. The van der Waals surface area contributed by atoms with Crippen LogP contribution in [0.2, 0.25) is 0 Å². The first-order valence-electron chi connectivity index (χ1n) is 4.70. The smallest absolute Gasteiger partial charge is 0.223 e. The Morgan fingerprint density at radius 1 is 1.62 bits per heavy atom. The molecule has 1 amide bonds. The van der Waals surface area contributed by atoms with Crippen molar-refractivity contribution in [2.24, 2.45) is 5.92 Å². The van der Waals surface area contributed by atoms with E-state index in [1.807, 2.05) is 19.0 Å². The molecule has 1 aliphatic carbocycles. The molecule has 13 heavy (non-hydrogen) atoms. The van der Waals surface area contributed by atoms with Crippen molar-refractivity contribution in [1.29, 1.82) is 0 Å². The summed E-state index contributed by atoms with van der Waals surface area (Å²) in [5, 5.41) is 12.1. The number of rotatable bonds is 5. The van der Waals surface area contributed by atoms with Crippen molar-refractivity contribution in [3.8, 4) is 0 Å². The van der Waals surface area contributed by atoms with Gasteiger partial charge in [0.1, 0.15) is 0 Å². The number of aliphatic hydroxyl groups is 1. The first-order chi connectivity index (χ1) is 6.09. The van der Waals surface area contributed by atoms with Crippen LogP contribution >= 0.6 is 0 Å². The highest BCUT2D eigenvalue weighted by Gasteiger charge is 2.29. The summed E-state index contributed by atoms with van der Waals surface area (Å²) in [6, 6.07) is 0. The molecule has 1 unspecified atom stereocenters. The van der Waals surface area contributed by atoms with E-state index in [9.17, 15) is 9.90 Å². The van der Waals surface area contributed by atoms with Gasteiger partial charge in [-0.05, 0) is 26.9 Å². The summed E-state index contributed by atoms with van der Waals surface area (Å²) >= 11 is 0. The van der Waals surface area contributed by atoms with E-state index < -0.39 is 6.10 Å². The first kappa shape index (κ1) is 10.5. The molecular weight excluding hydrogens is 168 g/mol. The number of amides is 1. The molecule has 0 bridgehead atoms. The summed E-state index contributed by atoms with van der Waals surface area (Å²) in [5.41, 5.74) is 0. The fraction of sp³-hybridized carbons (Fsp3) is 0.889. The van der Waals surface area contributed by atoms with Gasteiger partial charge in [-0.15, -0.1) is 0 Å². The van der Waals surface area contributed by atoms with Gasteiger partial charge in [-0.2, -0.15) is 0 Å². The third kappa shape index (κ3) is 4.24. The zero-order valence-corrected chi connectivity index (χ0v) is 8.29. The predicted octanol–water partition coefficient (Wildman–Crippen LogP) is -0.565. The molecule has 0 spiro atoms. The van der Waals surface area contributed by atoms with Crippen LogP contribution in [0.15, 0.2) is 0 Å². The lowest BCUT2D eigenvalue weighted by Gasteiger charge is -2.16. The highest BCUT2D eigenvalue weighted by Crippen LogP contribution is 2.28. The molecule has 1 fully saturated rings. The standard InChI is InChI=1S/C9H18N2O2/c1-11(2)6-8(12)5-10-9(13)7-3-4-7/h7-8,12H,3-6H2,1-2H3,(H,10,13). The van der Waals surface area contributed by atoms with Gasteiger partial charge >= 0.3 is 0 Å². The molecule has 0 aromatic rings. The normalized spacial score (nSPS) is 18.8. The van der Waals surface area contributed by atoms with Crippen molar-refractivity contribution in [3.63, 3.8) is 0 Å². The molecule has 4 heteroatoms. The summed E-state index contributed by atoms with van der Waals surface area (Å²) in [5.74, 6) is 0.323. The Morgan fingerprint density at radius 3 is 2.69 bits per heavy atom. The quantitative estimate of drug-likeness (QED) is 0.605. The predicted molar refractivity (Wildman–Crippen MR) is 50.3 cm³/mol. The van der Waals surface area contributed by atoms with Gasteiger partial charge in [0, 0.05) is 19.0 Å². The average Bonchev–Trinajstić information content (AvgIpc) is 2.80. The lowest BCUT2D eigenvalue weighted by molar-refractivity contribution is -0.122. The lowest BCUT2D eigenvalue weighted by Crippen LogP contribution is -2.38. The molecule has 0 radical (unpaired) electrons. The number of hydrogen-bond acceptors (Lipinski definition) is 3. The van der Waals surface area contributed by atoms with Crippen LogP contribution in [-0.2, 0) is 4.79 Å².